The van der Waals surface area contributed by atoms with Crippen molar-refractivity contribution in [3.05, 3.63) is 59.5 Å². The van der Waals surface area contributed by atoms with Crippen molar-refractivity contribution >= 4 is 21.7 Å². The van der Waals surface area contributed by atoms with Crippen LogP contribution in [0.15, 0.2) is 42.5 Å². The van der Waals surface area contributed by atoms with Crippen molar-refractivity contribution in [1.82, 2.24) is 20.0 Å². The highest BCUT2D eigenvalue weighted by molar-refractivity contribution is 7.92. The Morgan fingerprint density at radius 2 is 1.87 bits per heavy atom. The van der Waals surface area contributed by atoms with Gasteiger partial charge in [-0.25, -0.2) is 17.5 Å². The molecule has 0 unspecified atom stereocenters. The summed E-state index contributed by atoms with van der Waals surface area (Å²) in [5.41, 5.74) is 3.59. The molecule has 0 bridgehead atoms. The number of nitrogens with zero attached hydrogens (tertiary/aromatic N) is 3. The number of benzene rings is 2. The largest absolute Gasteiger partial charge is 0.490 e. The van der Waals surface area contributed by atoms with E-state index in [1.54, 1.807) is 23.7 Å². The Hall–Kier alpha value is -3.44. The Labute approximate surface area is 265 Å². The third-order valence-electron chi connectivity index (χ3n) is 9.47. The summed E-state index contributed by atoms with van der Waals surface area (Å²) in [7, 11) is -1.53. The van der Waals surface area contributed by atoms with Crippen molar-refractivity contribution in [3.63, 3.8) is 0 Å². The average molecular weight is 638 g/mol. The molecule has 0 radical (unpaired) electrons. The van der Waals surface area contributed by atoms with E-state index in [1.165, 1.54) is 6.07 Å². The lowest BCUT2D eigenvalue weighted by Crippen LogP contribution is -2.45. The van der Waals surface area contributed by atoms with Crippen molar-refractivity contribution in [3.8, 4) is 22.6 Å². The van der Waals surface area contributed by atoms with Crippen LogP contribution in [0.2, 0.25) is 0 Å². The number of sulfonamides is 1. The van der Waals surface area contributed by atoms with Crippen LogP contribution in [0.3, 0.4) is 0 Å². The topological polar surface area (TPSA) is 106 Å². The smallest absolute Gasteiger partial charge is 0.237 e. The third-order valence-corrected chi connectivity index (χ3v) is 10.0. The van der Waals surface area contributed by atoms with Crippen molar-refractivity contribution in [2.75, 3.05) is 24.6 Å². The number of rotatable bonds is 9. The van der Waals surface area contributed by atoms with E-state index in [0.29, 0.717) is 34.9 Å². The number of nitrogens with one attached hydrogen (secondary N) is 2. The van der Waals surface area contributed by atoms with Crippen LogP contribution >= 0.6 is 0 Å². The summed E-state index contributed by atoms with van der Waals surface area (Å²) in [6, 6.07) is 12.4. The van der Waals surface area contributed by atoms with E-state index in [0.717, 1.165) is 62.5 Å². The lowest BCUT2D eigenvalue weighted by Gasteiger charge is -2.29. The van der Waals surface area contributed by atoms with Crippen molar-refractivity contribution in [2.45, 2.75) is 89.8 Å². The van der Waals surface area contributed by atoms with Gasteiger partial charge in [-0.05, 0) is 92.8 Å². The number of aromatic nitrogens is 2. The van der Waals surface area contributed by atoms with E-state index in [-0.39, 0.29) is 41.2 Å². The Bertz CT molecular complexity index is 1700. The number of anilines is 1. The minimum Gasteiger partial charge on any atom is -0.490 e. The first-order chi connectivity index (χ1) is 21.3. The fourth-order valence-corrected chi connectivity index (χ4v) is 7.81. The van der Waals surface area contributed by atoms with Crippen LogP contribution in [0.25, 0.3) is 16.8 Å². The van der Waals surface area contributed by atoms with Crippen LogP contribution in [-0.2, 0) is 14.8 Å². The average Bonchev–Trinajstić information content (AvgIpc) is 3.59. The molecule has 2 aromatic carbocycles. The molecule has 3 fully saturated rings. The number of likely N-dealkylation sites (N-methyl/N-ethyl adjacent to an activating group) is 1. The van der Waals surface area contributed by atoms with Crippen LogP contribution in [-0.4, -0.2) is 67.0 Å². The van der Waals surface area contributed by atoms with Crippen LogP contribution in [0, 0.1) is 18.2 Å². The van der Waals surface area contributed by atoms with Gasteiger partial charge < -0.3 is 10.1 Å². The fourth-order valence-electron chi connectivity index (χ4n) is 7.28. The van der Waals surface area contributed by atoms with Crippen molar-refractivity contribution in [1.29, 1.82) is 0 Å². The molecule has 2 heterocycles. The van der Waals surface area contributed by atoms with Gasteiger partial charge in [0.2, 0.25) is 15.9 Å². The molecule has 2 saturated carbocycles. The molecule has 1 saturated heterocycles. The molecular formula is C34H44FN5O4S. The molecule has 2 N–H and O–H groups in total. The van der Waals surface area contributed by atoms with E-state index >= 15 is 4.39 Å². The molecule has 6 rings (SSSR count). The summed E-state index contributed by atoms with van der Waals surface area (Å²) in [6.07, 6.45) is 7.05. The van der Waals surface area contributed by atoms with Gasteiger partial charge in [0, 0.05) is 30.6 Å². The number of halogens is 1. The Balaban J connectivity index is 1.29. The first kappa shape index (κ1) is 31.5. The van der Waals surface area contributed by atoms with Gasteiger partial charge in [0.1, 0.15) is 23.5 Å². The standard InChI is InChI=1S/C34H44FN5O4S/c1-21-16-31(38-45(5,42)43)40(37-21)24-13-15-30(27(18-24)26-10-7-11-28(35)32(26)22-8-6-9-22)44-25-14-12-23(17-25)36-33(41)29-19-34(2,3)20-39(29)4/h7,10-11,13,15-16,18,22-23,25,29,38H,6,8-9,12,14,17,19-20H2,1-5H3,(H,36,41)/t23-,25-,29+/m1/s1. The highest BCUT2D eigenvalue weighted by atomic mass is 32.2. The number of likely N-dealkylation sites (tertiary alicyclic amines) is 1. The van der Waals surface area contributed by atoms with E-state index in [4.69, 9.17) is 4.74 Å². The molecule has 242 valence electrons. The fraction of sp³-hybridized carbons (Fsp3) is 0.529. The number of hydrogen-bond donors (Lipinski definition) is 2. The van der Waals surface area contributed by atoms with Crippen LogP contribution < -0.4 is 14.8 Å². The molecule has 45 heavy (non-hydrogen) atoms. The summed E-state index contributed by atoms with van der Waals surface area (Å²) in [5, 5.41) is 7.83. The summed E-state index contributed by atoms with van der Waals surface area (Å²) < 4.78 is 50.4. The molecule has 2 aliphatic carbocycles. The highest BCUT2D eigenvalue weighted by Crippen LogP contribution is 2.45. The zero-order valence-electron chi connectivity index (χ0n) is 26.8. The zero-order valence-corrected chi connectivity index (χ0v) is 27.6. The molecule has 1 amide bonds. The quantitative estimate of drug-likeness (QED) is 0.309. The molecule has 9 nitrogen and oxygen atoms in total. The summed E-state index contributed by atoms with van der Waals surface area (Å²) in [6.45, 7) is 7.09. The van der Waals surface area contributed by atoms with Gasteiger partial charge in [-0.1, -0.05) is 32.4 Å². The second-order valence-corrected chi connectivity index (χ2v) is 15.8. The van der Waals surface area contributed by atoms with Gasteiger partial charge in [0.15, 0.2) is 0 Å². The predicted molar refractivity (Wildman–Crippen MR) is 174 cm³/mol. The normalized spacial score (nSPS) is 23.6. The maximum Gasteiger partial charge on any atom is 0.237 e. The van der Waals surface area contributed by atoms with Crippen molar-refractivity contribution < 1.29 is 22.3 Å². The first-order valence-corrected chi connectivity index (χ1v) is 17.8. The number of amides is 1. The number of carbonyl (C=O) groups is 1. The van der Waals surface area contributed by atoms with Gasteiger partial charge in [-0.2, -0.15) is 5.10 Å². The van der Waals surface area contributed by atoms with Gasteiger partial charge in [-0.3, -0.25) is 14.4 Å². The van der Waals surface area contributed by atoms with E-state index in [9.17, 15) is 13.2 Å². The van der Waals surface area contributed by atoms with E-state index in [1.807, 2.05) is 31.3 Å². The SMILES string of the molecule is Cc1cc(NS(C)(=O)=O)n(-c2ccc(O[C@@H]3CC[C@@H](NC(=O)[C@@H]4CC(C)(C)CN4C)C3)c(-c3cccc(F)c3C3CCC3)c2)n1. The number of aryl methyl sites for hydroxylation is 1. The van der Waals surface area contributed by atoms with Crippen LogP contribution in [0.1, 0.15) is 76.0 Å². The molecule has 11 heteroatoms. The maximum atomic E-state index is 15.4. The molecule has 1 aliphatic heterocycles. The van der Waals surface area contributed by atoms with Gasteiger partial charge in [0.05, 0.1) is 23.7 Å². The number of ether oxygens (including phenoxy) is 1. The third kappa shape index (κ3) is 6.89. The molecule has 3 aliphatic rings. The minimum absolute atomic E-state index is 0.0266. The predicted octanol–water partition coefficient (Wildman–Crippen LogP) is 5.77. The minimum atomic E-state index is -3.55. The van der Waals surface area contributed by atoms with Gasteiger partial charge in [0.25, 0.3) is 0 Å². The Morgan fingerprint density at radius 3 is 2.53 bits per heavy atom. The van der Waals surface area contributed by atoms with Crippen LogP contribution in [0.4, 0.5) is 10.2 Å². The molecular weight excluding hydrogens is 593 g/mol. The van der Waals surface area contributed by atoms with E-state index < -0.39 is 10.0 Å². The number of hydrogen-bond acceptors (Lipinski definition) is 6. The monoisotopic (exact) mass is 637 g/mol. The summed E-state index contributed by atoms with van der Waals surface area (Å²) >= 11 is 0. The zero-order chi connectivity index (χ0) is 32.1. The first-order valence-electron chi connectivity index (χ1n) is 15.9. The number of carbonyl (C=O) groups excluding carboxylic acids is 1. The Morgan fingerprint density at radius 1 is 1.09 bits per heavy atom. The molecule has 0 spiro atoms. The lowest BCUT2D eigenvalue weighted by molar-refractivity contribution is -0.125. The van der Waals surface area contributed by atoms with Crippen molar-refractivity contribution in [2.24, 2.45) is 5.41 Å². The molecule has 1 aromatic heterocycles. The maximum absolute atomic E-state index is 15.4. The highest BCUT2D eigenvalue weighted by Gasteiger charge is 2.40. The van der Waals surface area contributed by atoms with Crippen LogP contribution in [0.5, 0.6) is 5.75 Å². The second kappa shape index (κ2) is 12.1. The molecule has 3 aromatic rings. The Kier molecular flexibility index (Phi) is 8.45. The lowest BCUT2D eigenvalue weighted by atomic mass is 9.77. The van der Waals surface area contributed by atoms with Gasteiger partial charge in [-0.15, -0.1) is 0 Å². The summed E-state index contributed by atoms with van der Waals surface area (Å²) in [5.74, 6) is 0.930. The summed E-state index contributed by atoms with van der Waals surface area (Å²) in [4.78, 5) is 15.3. The second-order valence-electron chi connectivity index (χ2n) is 14.0. The van der Waals surface area contributed by atoms with E-state index in [2.05, 4.69) is 33.9 Å². The van der Waals surface area contributed by atoms with Gasteiger partial charge >= 0.3 is 0 Å². The molecule has 3 atom stereocenters.